The molecule has 0 saturated heterocycles. The Morgan fingerprint density at radius 1 is 1.09 bits per heavy atom. The maximum Gasteiger partial charge on any atom is 0.416 e. The van der Waals surface area contributed by atoms with E-state index in [1.54, 1.807) is 36.7 Å². The van der Waals surface area contributed by atoms with E-state index in [2.05, 4.69) is 20.3 Å². The van der Waals surface area contributed by atoms with Crippen LogP contribution in [0.4, 0.5) is 13.2 Å². The van der Waals surface area contributed by atoms with Crippen LogP contribution in [-0.4, -0.2) is 43.7 Å². The molecular formula is C23H17F3N4O3S. The third-order valence-electron chi connectivity index (χ3n) is 4.88. The summed E-state index contributed by atoms with van der Waals surface area (Å²) in [5, 5.41) is 11.9. The van der Waals surface area contributed by atoms with Crippen molar-refractivity contribution in [3.05, 3.63) is 78.1 Å². The Bertz CT molecular complexity index is 1340. The summed E-state index contributed by atoms with van der Waals surface area (Å²) in [5.74, 6) is -1.48. The number of amides is 1. The van der Waals surface area contributed by atoms with Crippen molar-refractivity contribution in [2.45, 2.75) is 17.1 Å². The van der Waals surface area contributed by atoms with Gasteiger partial charge in [-0.3, -0.25) is 9.78 Å². The lowest BCUT2D eigenvalue weighted by molar-refractivity contribution is -0.139. The van der Waals surface area contributed by atoms with E-state index in [-0.39, 0.29) is 16.2 Å². The van der Waals surface area contributed by atoms with Crippen LogP contribution in [0.2, 0.25) is 0 Å². The first-order chi connectivity index (χ1) is 16.2. The molecule has 1 unspecified atom stereocenters. The molecule has 2 aromatic heterocycles. The van der Waals surface area contributed by atoms with E-state index in [0.29, 0.717) is 16.9 Å². The summed E-state index contributed by atoms with van der Waals surface area (Å²) in [6.45, 7) is 0. The van der Waals surface area contributed by atoms with Gasteiger partial charge in [0.1, 0.15) is 11.9 Å². The number of nitrogens with one attached hydrogen (secondary N) is 2. The van der Waals surface area contributed by atoms with Crippen molar-refractivity contribution in [2.24, 2.45) is 0 Å². The van der Waals surface area contributed by atoms with Crippen molar-refractivity contribution in [3.8, 4) is 11.4 Å². The maximum absolute atomic E-state index is 12.9. The number of fused-ring (bicyclic) bond motifs is 1. The molecule has 174 valence electrons. The molecule has 1 atom stereocenters. The first-order valence-corrected chi connectivity index (χ1v) is 10.9. The monoisotopic (exact) mass is 486 g/mol. The number of rotatable bonds is 7. The molecule has 0 spiro atoms. The number of carboxylic acids is 1. The number of aromatic amines is 1. The van der Waals surface area contributed by atoms with Crippen LogP contribution in [0.1, 0.15) is 15.9 Å². The molecule has 0 radical (unpaired) electrons. The van der Waals surface area contributed by atoms with E-state index in [1.807, 2.05) is 0 Å². The number of carbonyl (C=O) groups is 2. The SMILES string of the molecule is O=C(NC(CSc1cccc(C(F)(F)F)c1)C(=O)O)c1ccc2nc(-c3ccncc3)[nH]c2c1. The average molecular weight is 486 g/mol. The highest BCUT2D eigenvalue weighted by atomic mass is 32.2. The number of hydrogen-bond donors (Lipinski definition) is 3. The summed E-state index contributed by atoms with van der Waals surface area (Å²) >= 11 is 0.911. The highest BCUT2D eigenvalue weighted by Crippen LogP contribution is 2.32. The van der Waals surface area contributed by atoms with E-state index in [0.717, 1.165) is 29.5 Å². The smallest absolute Gasteiger partial charge is 0.416 e. The third-order valence-corrected chi connectivity index (χ3v) is 5.97. The van der Waals surface area contributed by atoms with Crippen molar-refractivity contribution in [1.82, 2.24) is 20.3 Å². The van der Waals surface area contributed by atoms with Crippen molar-refractivity contribution < 1.29 is 27.9 Å². The van der Waals surface area contributed by atoms with Gasteiger partial charge < -0.3 is 15.4 Å². The molecule has 1 amide bonds. The first-order valence-electron chi connectivity index (χ1n) is 9.94. The standard InChI is InChI=1S/C23H17F3N4O3S/c24-23(25,26)15-2-1-3-16(11-15)34-12-19(22(32)33)30-21(31)14-4-5-17-18(10-14)29-20(28-17)13-6-8-27-9-7-13/h1-11,19H,12H2,(H,28,29)(H,30,31)(H,32,33). The Kier molecular flexibility index (Phi) is 6.55. The largest absolute Gasteiger partial charge is 0.480 e. The predicted octanol–water partition coefficient (Wildman–Crippen LogP) is 4.62. The van der Waals surface area contributed by atoms with Gasteiger partial charge in [0.05, 0.1) is 16.6 Å². The molecule has 4 rings (SSSR count). The minimum Gasteiger partial charge on any atom is -0.480 e. The zero-order valence-corrected chi connectivity index (χ0v) is 18.2. The van der Waals surface area contributed by atoms with Gasteiger partial charge in [0, 0.05) is 34.2 Å². The Morgan fingerprint density at radius 2 is 1.85 bits per heavy atom. The van der Waals surface area contributed by atoms with Crippen LogP contribution in [0.15, 0.2) is 71.9 Å². The molecule has 0 fully saturated rings. The van der Waals surface area contributed by atoms with Crippen molar-refractivity contribution in [3.63, 3.8) is 0 Å². The minimum atomic E-state index is -4.50. The molecule has 11 heteroatoms. The van der Waals surface area contributed by atoms with E-state index in [1.165, 1.54) is 18.2 Å². The molecular weight excluding hydrogens is 469 g/mol. The van der Waals surface area contributed by atoms with Crippen molar-refractivity contribution in [1.29, 1.82) is 0 Å². The lowest BCUT2D eigenvalue weighted by Gasteiger charge is -2.15. The van der Waals surface area contributed by atoms with Crippen LogP contribution in [0.3, 0.4) is 0 Å². The summed E-state index contributed by atoms with van der Waals surface area (Å²) in [6, 6.07) is 11.6. The summed E-state index contributed by atoms with van der Waals surface area (Å²) in [7, 11) is 0. The average Bonchev–Trinajstić information content (AvgIpc) is 3.25. The third kappa shape index (κ3) is 5.37. The number of aromatic nitrogens is 3. The van der Waals surface area contributed by atoms with Crippen LogP contribution in [-0.2, 0) is 11.0 Å². The molecule has 0 saturated carbocycles. The van der Waals surface area contributed by atoms with E-state index in [4.69, 9.17) is 0 Å². The van der Waals surface area contributed by atoms with Crippen LogP contribution < -0.4 is 5.32 Å². The zero-order valence-electron chi connectivity index (χ0n) is 17.3. The van der Waals surface area contributed by atoms with E-state index in [9.17, 15) is 27.9 Å². The fourth-order valence-electron chi connectivity index (χ4n) is 3.16. The topological polar surface area (TPSA) is 108 Å². The maximum atomic E-state index is 12.9. The van der Waals surface area contributed by atoms with Gasteiger partial charge in [-0.1, -0.05) is 6.07 Å². The van der Waals surface area contributed by atoms with E-state index >= 15 is 0 Å². The molecule has 0 aliphatic heterocycles. The number of carboxylic acid groups (broad SMARTS) is 1. The van der Waals surface area contributed by atoms with Crippen molar-refractivity contribution in [2.75, 3.05) is 5.75 Å². The van der Waals surface area contributed by atoms with Crippen LogP contribution in [0.5, 0.6) is 0 Å². The summed E-state index contributed by atoms with van der Waals surface area (Å²) in [6.07, 6.45) is -1.24. The second-order valence-corrected chi connectivity index (χ2v) is 8.35. The normalized spacial score (nSPS) is 12.4. The number of alkyl halides is 3. The van der Waals surface area contributed by atoms with Crippen LogP contribution in [0, 0.1) is 0 Å². The number of thioether (sulfide) groups is 1. The first kappa shape index (κ1) is 23.3. The lowest BCUT2D eigenvalue weighted by atomic mass is 10.1. The van der Waals surface area contributed by atoms with E-state index < -0.39 is 29.7 Å². The molecule has 0 bridgehead atoms. The predicted molar refractivity (Wildman–Crippen MR) is 120 cm³/mol. The van der Waals surface area contributed by atoms with Gasteiger partial charge in [-0.15, -0.1) is 11.8 Å². The molecule has 2 heterocycles. The molecule has 2 aromatic carbocycles. The molecule has 7 nitrogen and oxygen atoms in total. The molecule has 0 aliphatic carbocycles. The Morgan fingerprint density at radius 3 is 2.56 bits per heavy atom. The van der Waals surface area contributed by atoms with Gasteiger partial charge in [-0.05, 0) is 48.5 Å². The number of halogens is 3. The number of aliphatic carboxylic acids is 1. The highest BCUT2D eigenvalue weighted by Gasteiger charge is 2.30. The summed E-state index contributed by atoms with van der Waals surface area (Å²) < 4.78 is 38.7. The number of pyridine rings is 1. The van der Waals surface area contributed by atoms with Gasteiger partial charge in [0.2, 0.25) is 0 Å². The zero-order chi connectivity index (χ0) is 24.3. The van der Waals surface area contributed by atoms with Gasteiger partial charge in [-0.2, -0.15) is 13.2 Å². The molecule has 0 aliphatic rings. The van der Waals surface area contributed by atoms with Gasteiger partial charge in [0.25, 0.3) is 5.91 Å². The number of hydrogen-bond acceptors (Lipinski definition) is 5. The quantitative estimate of drug-likeness (QED) is 0.329. The van der Waals surface area contributed by atoms with Crippen LogP contribution in [0.25, 0.3) is 22.4 Å². The number of benzene rings is 2. The highest BCUT2D eigenvalue weighted by molar-refractivity contribution is 7.99. The molecule has 34 heavy (non-hydrogen) atoms. The van der Waals surface area contributed by atoms with Gasteiger partial charge >= 0.3 is 12.1 Å². The Hall–Kier alpha value is -3.86. The molecule has 3 N–H and O–H groups in total. The summed E-state index contributed by atoms with van der Waals surface area (Å²) in [5.41, 5.74) is 1.41. The summed E-state index contributed by atoms with van der Waals surface area (Å²) in [4.78, 5) is 36.1. The number of H-pyrrole nitrogens is 1. The number of carbonyl (C=O) groups excluding carboxylic acids is 1. The van der Waals surface area contributed by atoms with Crippen molar-refractivity contribution >= 4 is 34.7 Å². The Balaban J connectivity index is 1.47. The van der Waals surface area contributed by atoms with Gasteiger partial charge in [0.15, 0.2) is 0 Å². The minimum absolute atomic E-state index is 0.152. The van der Waals surface area contributed by atoms with Gasteiger partial charge in [-0.25, -0.2) is 9.78 Å². The molecule has 4 aromatic rings. The van der Waals surface area contributed by atoms with Crippen LogP contribution >= 0.6 is 11.8 Å². The second-order valence-electron chi connectivity index (χ2n) is 7.25. The Labute approximate surface area is 195 Å². The second kappa shape index (κ2) is 9.56. The number of imidazole rings is 1. The number of nitrogens with zero attached hydrogens (tertiary/aromatic N) is 2. The fraction of sp³-hybridized carbons (Fsp3) is 0.130. The lowest BCUT2D eigenvalue weighted by Crippen LogP contribution is -2.42. The fourth-order valence-corrected chi connectivity index (χ4v) is 4.13.